The first-order valence-corrected chi connectivity index (χ1v) is 20.9. The summed E-state index contributed by atoms with van der Waals surface area (Å²) < 4.78 is 5.94. The first kappa shape index (κ1) is 46.4. The second-order valence-electron chi connectivity index (χ2n) is 14.4. The quantitative estimate of drug-likeness (QED) is 0.0441. The molecule has 2 unspecified atom stereocenters. The van der Waals surface area contributed by atoms with E-state index in [1.165, 1.54) is 128 Å². The van der Waals surface area contributed by atoms with Gasteiger partial charge in [-0.05, 0) is 57.9 Å². The lowest BCUT2D eigenvalue weighted by Crippen LogP contribution is -2.40. The molecule has 0 heterocycles. The van der Waals surface area contributed by atoms with Gasteiger partial charge in [-0.3, -0.25) is 9.59 Å². The molecule has 48 heavy (non-hydrogen) atoms. The minimum absolute atomic E-state index is 0.00292. The summed E-state index contributed by atoms with van der Waals surface area (Å²) in [6, 6.07) is -0.858. The largest absolute Gasteiger partial charge is 0.480 e. The number of esters is 1. The Morgan fingerprint density at radius 1 is 0.521 bits per heavy atom. The molecule has 0 aliphatic rings. The van der Waals surface area contributed by atoms with Crippen LogP contribution in [0.3, 0.4) is 0 Å². The number of carbonyl (C=O) groups excluding carboxylic acids is 2. The molecule has 0 aromatic heterocycles. The topological polar surface area (TPSA) is 119 Å². The summed E-state index contributed by atoms with van der Waals surface area (Å²) in [4.78, 5) is 36.1. The van der Waals surface area contributed by atoms with E-state index >= 15 is 0 Å². The standard InChI is InChI=1S/C41H80N2O5/c1-3-5-7-9-10-11-12-13-14-15-16-17-18-19-20-21-22-23-29-35-40(45)48-37(31-26-8-6-4-2)32-27-24-25-28-34-39(44)43-38(41(46)47)33-30-36-42/h37-38H,3-36,42H2,1-2H3,(H,43,44)(H,46,47). The molecule has 1 amide bonds. The van der Waals surface area contributed by atoms with Crippen molar-refractivity contribution in [3.63, 3.8) is 0 Å². The smallest absolute Gasteiger partial charge is 0.326 e. The molecule has 0 aliphatic heterocycles. The lowest BCUT2D eigenvalue weighted by Gasteiger charge is -2.18. The van der Waals surface area contributed by atoms with Crippen molar-refractivity contribution in [1.82, 2.24) is 5.32 Å². The predicted octanol–water partition coefficient (Wildman–Crippen LogP) is 11.3. The monoisotopic (exact) mass is 681 g/mol. The van der Waals surface area contributed by atoms with Gasteiger partial charge in [-0.2, -0.15) is 0 Å². The van der Waals surface area contributed by atoms with Gasteiger partial charge in [0.05, 0.1) is 0 Å². The lowest BCUT2D eigenvalue weighted by molar-refractivity contribution is -0.150. The summed E-state index contributed by atoms with van der Waals surface area (Å²) in [7, 11) is 0. The molecule has 7 nitrogen and oxygen atoms in total. The van der Waals surface area contributed by atoms with Gasteiger partial charge < -0.3 is 20.9 Å². The van der Waals surface area contributed by atoms with E-state index in [9.17, 15) is 19.5 Å². The molecule has 0 saturated carbocycles. The number of carbonyl (C=O) groups is 3. The third-order valence-corrected chi connectivity index (χ3v) is 9.67. The normalized spacial score (nSPS) is 12.6. The number of amides is 1. The number of ether oxygens (including phenoxy) is 1. The third kappa shape index (κ3) is 32.9. The van der Waals surface area contributed by atoms with Crippen LogP contribution in [0.25, 0.3) is 0 Å². The van der Waals surface area contributed by atoms with Gasteiger partial charge in [0, 0.05) is 12.8 Å². The zero-order valence-corrected chi connectivity index (χ0v) is 31.9. The summed E-state index contributed by atoms with van der Waals surface area (Å²) in [5, 5.41) is 11.9. The molecule has 7 heteroatoms. The fourth-order valence-electron chi connectivity index (χ4n) is 6.51. The first-order valence-electron chi connectivity index (χ1n) is 20.9. The second kappa shape index (κ2) is 36.6. The number of carboxylic acid groups (broad SMARTS) is 1. The van der Waals surface area contributed by atoms with Crippen molar-refractivity contribution < 1.29 is 24.2 Å². The van der Waals surface area contributed by atoms with Gasteiger partial charge >= 0.3 is 11.9 Å². The van der Waals surface area contributed by atoms with Crippen LogP contribution in [0, 0.1) is 0 Å². The van der Waals surface area contributed by atoms with Gasteiger partial charge in [0.25, 0.3) is 0 Å². The van der Waals surface area contributed by atoms with Crippen molar-refractivity contribution in [2.24, 2.45) is 5.73 Å². The summed E-state index contributed by atoms with van der Waals surface area (Å²) in [6.07, 6.45) is 37.5. The number of aliphatic carboxylic acids is 1. The molecule has 284 valence electrons. The van der Waals surface area contributed by atoms with Crippen LogP contribution in [0.1, 0.15) is 226 Å². The maximum absolute atomic E-state index is 12.6. The van der Waals surface area contributed by atoms with E-state index in [1.54, 1.807) is 0 Å². The highest BCUT2D eigenvalue weighted by Crippen LogP contribution is 2.18. The number of unbranched alkanes of at least 4 members (excludes halogenated alkanes) is 24. The number of nitrogens with one attached hydrogen (secondary N) is 1. The zero-order valence-electron chi connectivity index (χ0n) is 31.9. The molecular formula is C41H80N2O5. The molecule has 0 radical (unpaired) electrons. The molecule has 0 spiro atoms. The Balaban J connectivity index is 3.90. The van der Waals surface area contributed by atoms with Gasteiger partial charge in [0.15, 0.2) is 0 Å². The Labute approximate surface area is 297 Å². The van der Waals surface area contributed by atoms with Crippen molar-refractivity contribution >= 4 is 17.8 Å². The number of nitrogens with two attached hydrogens (primary N) is 1. The van der Waals surface area contributed by atoms with Crippen molar-refractivity contribution in [1.29, 1.82) is 0 Å². The van der Waals surface area contributed by atoms with Crippen LogP contribution in [-0.4, -0.2) is 41.6 Å². The average molecular weight is 681 g/mol. The number of rotatable bonds is 38. The van der Waals surface area contributed by atoms with Gasteiger partial charge in [0.2, 0.25) is 5.91 Å². The summed E-state index contributed by atoms with van der Waals surface area (Å²) in [5.41, 5.74) is 5.47. The SMILES string of the molecule is CCCCCCCCCCCCCCCCCCCCCC(=O)OC(CCCCCC)CCCCCCC(=O)NC(CCCN)C(=O)O. The Morgan fingerprint density at radius 2 is 0.896 bits per heavy atom. The fraction of sp³-hybridized carbons (Fsp3) is 0.927. The van der Waals surface area contributed by atoms with Crippen LogP contribution < -0.4 is 11.1 Å². The van der Waals surface area contributed by atoms with E-state index in [1.807, 2.05) is 0 Å². The van der Waals surface area contributed by atoms with Crippen molar-refractivity contribution in [3.8, 4) is 0 Å². The van der Waals surface area contributed by atoms with Crippen LogP contribution in [0.15, 0.2) is 0 Å². The number of hydrogen-bond acceptors (Lipinski definition) is 5. The van der Waals surface area contributed by atoms with Crippen LogP contribution >= 0.6 is 0 Å². The highest BCUT2D eigenvalue weighted by molar-refractivity contribution is 5.83. The molecule has 2 atom stereocenters. The van der Waals surface area contributed by atoms with E-state index in [-0.39, 0.29) is 18.0 Å². The number of carboxylic acids is 1. The summed E-state index contributed by atoms with van der Waals surface area (Å²) in [6.45, 7) is 4.90. The molecule has 0 fully saturated rings. The van der Waals surface area contributed by atoms with E-state index in [0.29, 0.717) is 32.2 Å². The molecular weight excluding hydrogens is 600 g/mol. The van der Waals surface area contributed by atoms with E-state index in [0.717, 1.165) is 57.8 Å². The van der Waals surface area contributed by atoms with Gasteiger partial charge in [-0.1, -0.05) is 162 Å². The van der Waals surface area contributed by atoms with Crippen LogP contribution in [0.4, 0.5) is 0 Å². The van der Waals surface area contributed by atoms with Crippen LogP contribution in [0.2, 0.25) is 0 Å². The molecule has 0 aromatic rings. The van der Waals surface area contributed by atoms with Crippen LogP contribution in [0.5, 0.6) is 0 Å². The van der Waals surface area contributed by atoms with Gasteiger partial charge in [-0.25, -0.2) is 4.79 Å². The zero-order chi connectivity index (χ0) is 35.3. The van der Waals surface area contributed by atoms with Crippen molar-refractivity contribution in [2.75, 3.05) is 6.54 Å². The maximum atomic E-state index is 12.6. The lowest BCUT2D eigenvalue weighted by atomic mass is 10.0. The first-order chi connectivity index (χ1) is 23.4. The molecule has 0 bridgehead atoms. The maximum Gasteiger partial charge on any atom is 0.326 e. The summed E-state index contributed by atoms with van der Waals surface area (Å²) in [5.74, 6) is -1.26. The molecule has 4 N–H and O–H groups in total. The molecule has 0 aromatic carbocycles. The number of hydrogen-bond donors (Lipinski definition) is 3. The van der Waals surface area contributed by atoms with Crippen molar-refractivity contribution in [2.45, 2.75) is 238 Å². The van der Waals surface area contributed by atoms with Crippen molar-refractivity contribution in [3.05, 3.63) is 0 Å². The minimum atomic E-state index is -1.01. The highest BCUT2D eigenvalue weighted by atomic mass is 16.5. The van der Waals surface area contributed by atoms with Crippen LogP contribution in [-0.2, 0) is 19.1 Å². The molecule has 0 aliphatic carbocycles. The Hall–Kier alpha value is -1.63. The Bertz CT molecular complexity index is 732. The summed E-state index contributed by atoms with van der Waals surface area (Å²) >= 11 is 0. The molecule has 0 rings (SSSR count). The van der Waals surface area contributed by atoms with E-state index < -0.39 is 12.0 Å². The van der Waals surface area contributed by atoms with Gasteiger partial charge in [0.1, 0.15) is 12.1 Å². The molecule has 0 saturated heterocycles. The minimum Gasteiger partial charge on any atom is -0.480 e. The second-order valence-corrected chi connectivity index (χ2v) is 14.4. The third-order valence-electron chi connectivity index (χ3n) is 9.67. The Morgan fingerprint density at radius 3 is 1.31 bits per heavy atom. The fourth-order valence-corrected chi connectivity index (χ4v) is 6.51. The Kier molecular flexibility index (Phi) is 35.4. The van der Waals surface area contributed by atoms with Gasteiger partial charge in [-0.15, -0.1) is 0 Å². The van der Waals surface area contributed by atoms with E-state index in [2.05, 4.69) is 19.2 Å². The highest BCUT2D eigenvalue weighted by Gasteiger charge is 2.19. The van der Waals surface area contributed by atoms with E-state index in [4.69, 9.17) is 10.5 Å². The average Bonchev–Trinajstić information content (AvgIpc) is 3.07. The predicted molar refractivity (Wildman–Crippen MR) is 202 cm³/mol.